The van der Waals surface area contributed by atoms with Crippen molar-refractivity contribution in [3.63, 3.8) is 0 Å². The molecule has 1 aromatic carbocycles. The number of halogens is 1. The Morgan fingerprint density at radius 1 is 1.19 bits per heavy atom. The molecule has 1 saturated heterocycles. The third-order valence-corrected chi connectivity index (χ3v) is 7.08. The molecule has 232 valence electrons. The number of hydrogen-bond acceptors (Lipinski definition) is 12. The number of nitrogens with two attached hydrogens (primary N) is 3. The molecule has 1 aliphatic heterocycles. The molecule has 11 N–H and O–H groups in total. The van der Waals surface area contributed by atoms with E-state index in [9.17, 15) is 20.1 Å². The lowest BCUT2D eigenvalue weighted by Gasteiger charge is -2.26. The summed E-state index contributed by atoms with van der Waals surface area (Å²) < 4.78 is 11.2. The lowest BCUT2D eigenvalue weighted by molar-refractivity contribution is -0.0801. The molecule has 0 aliphatic carbocycles. The number of aliphatic imine (C=N–C) groups is 1. The first-order valence-corrected chi connectivity index (χ1v) is 14.2. The maximum absolute atomic E-state index is 12.3. The van der Waals surface area contributed by atoms with Crippen molar-refractivity contribution in [2.75, 3.05) is 44.3 Å². The van der Waals surface area contributed by atoms with Crippen molar-refractivity contribution in [2.45, 2.75) is 57.0 Å². The van der Waals surface area contributed by atoms with Crippen LogP contribution in [0.25, 0.3) is 0 Å². The molecule has 1 aromatic heterocycles. The second-order valence-corrected chi connectivity index (χ2v) is 10.6. The van der Waals surface area contributed by atoms with E-state index in [-0.39, 0.29) is 47.0 Å². The van der Waals surface area contributed by atoms with Gasteiger partial charge in [-0.3, -0.25) is 15.1 Å². The van der Waals surface area contributed by atoms with Crippen LogP contribution in [0.5, 0.6) is 5.75 Å². The van der Waals surface area contributed by atoms with Crippen LogP contribution in [0.3, 0.4) is 0 Å². The van der Waals surface area contributed by atoms with Gasteiger partial charge in [0.05, 0.1) is 24.9 Å². The summed E-state index contributed by atoms with van der Waals surface area (Å²) in [6, 6.07) is 7.75. The molecule has 1 fully saturated rings. The summed E-state index contributed by atoms with van der Waals surface area (Å²) in [4.78, 5) is 24.0. The Balaban J connectivity index is 1.27. The molecule has 0 bridgehead atoms. The van der Waals surface area contributed by atoms with Gasteiger partial charge < -0.3 is 47.3 Å². The van der Waals surface area contributed by atoms with Crippen LogP contribution in [0.2, 0.25) is 5.15 Å². The van der Waals surface area contributed by atoms with E-state index in [4.69, 9.17) is 38.3 Å². The summed E-state index contributed by atoms with van der Waals surface area (Å²) in [6.45, 7) is 3.69. The third-order valence-electron chi connectivity index (χ3n) is 6.80. The van der Waals surface area contributed by atoms with Gasteiger partial charge in [-0.15, -0.1) is 0 Å². The molecule has 2 heterocycles. The number of carbonyl (C=O) groups is 1. The number of guanidine groups is 1. The summed E-state index contributed by atoms with van der Waals surface area (Å²) in [7, 11) is 0. The van der Waals surface area contributed by atoms with Crippen molar-refractivity contribution in [1.82, 2.24) is 20.6 Å². The molecule has 3 rings (SSSR count). The van der Waals surface area contributed by atoms with E-state index >= 15 is 0 Å². The smallest absolute Gasteiger partial charge is 0.280 e. The van der Waals surface area contributed by atoms with Crippen LogP contribution in [-0.2, 0) is 11.2 Å². The number of aryl methyl sites for hydroxylation is 1. The molecular formula is C27H41ClN8O6. The van der Waals surface area contributed by atoms with E-state index in [0.717, 1.165) is 24.8 Å². The number of rotatable bonds is 15. The normalized spacial score (nSPS) is 19.3. The maximum atomic E-state index is 12.3. The molecule has 0 spiro atoms. The standard InChI is InChI=1S/C27H41ClN8O6/c1-15-12-17(14-42-15)21(38)22(39)19(37)13-32-10-11-41-18-7-5-16(6-8-18)4-2-3-9-33-27(31)36-26(40)20-24(29)35-25(30)23(28)34-20/h5-8,15,17,19,21-22,32,37-39H,2-4,9-14H2,1H3,(H4,29,30,35)(H3,31,33,36,40)/t15-,17+,19-,21+,22+/m0/s1. The molecule has 0 radical (unpaired) electrons. The molecule has 1 amide bonds. The first-order chi connectivity index (χ1) is 20.0. The lowest BCUT2D eigenvalue weighted by atomic mass is 9.93. The number of aliphatic hydroxyl groups excluding tert-OH is 3. The summed E-state index contributed by atoms with van der Waals surface area (Å²) in [5, 5.41) is 36.0. The second-order valence-electron chi connectivity index (χ2n) is 10.2. The molecule has 14 nitrogen and oxygen atoms in total. The highest BCUT2D eigenvalue weighted by Gasteiger charge is 2.35. The third kappa shape index (κ3) is 10.2. The number of anilines is 2. The van der Waals surface area contributed by atoms with Gasteiger partial charge in [-0.1, -0.05) is 23.7 Å². The van der Waals surface area contributed by atoms with Gasteiger partial charge in [0.25, 0.3) is 5.91 Å². The first-order valence-electron chi connectivity index (χ1n) is 13.8. The number of amides is 1. The van der Waals surface area contributed by atoms with E-state index in [1.54, 1.807) is 0 Å². The number of hydrogen-bond donors (Lipinski definition) is 8. The van der Waals surface area contributed by atoms with Crippen LogP contribution in [0, 0.1) is 5.92 Å². The summed E-state index contributed by atoms with van der Waals surface area (Å²) >= 11 is 5.79. The van der Waals surface area contributed by atoms with E-state index in [1.165, 1.54) is 0 Å². The van der Waals surface area contributed by atoms with Gasteiger partial charge in [0, 0.05) is 25.6 Å². The van der Waals surface area contributed by atoms with E-state index < -0.39 is 24.2 Å². The number of unbranched alkanes of at least 4 members (excludes halogenated alkanes) is 1. The largest absolute Gasteiger partial charge is 0.492 e. The summed E-state index contributed by atoms with van der Waals surface area (Å²) in [6.07, 6.45) is -0.226. The Hall–Kier alpha value is -3.27. The van der Waals surface area contributed by atoms with Crippen LogP contribution >= 0.6 is 11.6 Å². The Morgan fingerprint density at radius 3 is 2.62 bits per heavy atom. The van der Waals surface area contributed by atoms with Gasteiger partial charge in [0.2, 0.25) is 0 Å². The number of carbonyl (C=O) groups excluding carboxylic acids is 1. The van der Waals surface area contributed by atoms with Gasteiger partial charge in [-0.05, 0) is 50.3 Å². The Labute approximate surface area is 249 Å². The summed E-state index contributed by atoms with van der Waals surface area (Å²) in [5.41, 5.74) is 17.9. The van der Waals surface area contributed by atoms with Crippen molar-refractivity contribution < 1.29 is 29.6 Å². The molecule has 2 aromatic rings. The molecule has 0 saturated carbocycles. The minimum atomic E-state index is -1.24. The van der Waals surface area contributed by atoms with Gasteiger partial charge in [0.15, 0.2) is 28.4 Å². The number of nitrogens with zero attached hydrogens (tertiary/aromatic N) is 3. The Bertz CT molecular complexity index is 1190. The number of aliphatic hydroxyl groups is 3. The van der Waals surface area contributed by atoms with Crippen molar-refractivity contribution in [1.29, 1.82) is 0 Å². The number of nitrogen functional groups attached to an aromatic ring is 2. The average molecular weight is 609 g/mol. The van der Waals surface area contributed by atoms with Gasteiger partial charge in [-0.2, -0.15) is 0 Å². The van der Waals surface area contributed by atoms with Gasteiger partial charge in [-0.25, -0.2) is 9.97 Å². The summed E-state index contributed by atoms with van der Waals surface area (Å²) in [5.74, 6) is -0.451. The van der Waals surface area contributed by atoms with Gasteiger partial charge >= 0.3 is 0 Å². The first kappa shape index (κ1) is 33.2. The van der Waals surface area contributed by atoms with E-state index in [0.29, 0.717) is 38.5 Å². The van der Waals surface area contributed by atoms with E-state index in [2.05, 4.69) is 25.6 Å². The monoisotopic (exact) mass is 608 g/mol. The maximum Gasteiger partial charge on any atom is 0.280 e. The average Bonchev–Trinajstić information content (AvgIpc) is 3.40. The quantitative estimate of drug-likeness (QED) is 0.0747. The lowest BCUT2D eigenvalue weighted by Crippen LogP contribution is -2.46. The molecule has 1 aliphatic rings. The Morgan fingerprint density at radius 2 is 1.93 bits per heavy atom. The zero-order valence-electron chi connectivity index (χ0n) is 23.6. The van der Waals surface area contributed by atoms with Crippen LogP contribution in [0.1, 0.15) is 42.2 Å². The minimum Gasteiger partial charge on any atom is -0.492 e. The zero-order chi connectivity index (χ0) is 30.6. The van der Waals surface area contributed by atoms with Gasteiger partial charge in [0.1, 0.15) is 18.5 Å². The molecule has 0 unspecified atom stereocenters. The number of nitrogens with one attached hydrogen (secondary N) is 2. The van der Waals surface area contributed by atoms with E-state index in [1.807, 2.05) is 31.2 Å². The number of aromatic nitrogens is 2. The van der Waals surface area contributed by atoms with Crippen LogP contribution in [0.4, 0.5) is 11.6 Å². The SMILES string of the molecule is C[C@H]1C[C@@H]([C@@H](O)[C@H](O)[C@@H](O)CNCCOc2ccc(CCCCN=C(N)NC(=O)c3nc(Cl)c(N)nc3N)cc2)CO1. The molecule has 15 heteroatoms. The fraction of sp³-hybridized carbons (Fsp3) is 0.556. The highest BCUT2D eigenvalue weighted by atomic mass is 35.5. The van der Waals surface area contributed by atoms with Crippen molar-refractivity contribution in [2.24, 2.45) is 16.6 Å². The van der Waals surface area contributed by atoms with Crippen LogP contribution < -0.4 is 32.6 Å². The Kier molecular flexibility index (Phi) is 13.0. The predicted octanol–water partition coefficient (Wildman–Crippen LogP) is -0.162. The van der Waals surface area contributed by atoms with Crippen LogP contribution in [0.15, 0.2) is 29.3 Å². The second kappa shape index (κ2) is 16.4. The highest BCUT2D eigenvalue weighted by Crippen LogP contribution is 2.25. The molecule has 42 heavy (non-hydrogen) atoms. The number of benzene rings is 1. The van der Waals surface area contributed by atoms with Crippen LogP contribution in [-0.4, -0.2) is 94.4 Å². The fourth-order valence-corrected chi connectivity index (χ4v) is 4.55. The minimum absolute atomic E-state index is 0.0477. The molecule has 5 atom stereocenters. The van der Waals surface area contributed by atoms with Crippen molar-refractivity contribution in [3.05, 3.63) is 40.7 Å². The topological polar surface area (TPSA) is 236 Å². The highest BCUT2D eigenvalue weighted by molar-refractivity contribution is 6.31. The number of ether oxygens (including phenoxy) is 2. The predicted molar refractivity (Wildman–Crippen MR) is 159 cm³/mol. The van der Waals surface area contributed by atoms with Crippen molar-refractivity contribution >= 4 is 35.1 Å². The molecular weight excluding hydrogens is 568 g/mol. The van der Waals surface area contributed by atoms with Crippen molar-refractivity contribution in [3.8, 4) is 5.75 Å². The fourth-order valence-electron chi connectivity index (χ4n) is 4.42. The zero-order valence-corrected chi connectivity index (χ0v) is 24.3.